The second-order valence-electron chi connectivity index (χ2n) is 6.50. The van der Waals surface area contributed by atoms with Gasteiger partial charge in [0, 0.05) is 38.4 Å². The van der Waals surface area contributed by atoms with Gasteiger partial charge in [0.05, 0.1) is 6.04 Å². The maximum Gasteiger partial charge on any atom is 0.435 e. The summed E-state index contributed by atoms with van der Waals surface area (Å²) < 4.78 is 44.0. The average molecular weight is 392 g/mol. The highest BCUT2D eigenvalue weighted by atomic mass is 19.4. The summed E-state index contributed by atoms with van der Waals surface area (Å²) >= 11 is 0. The Bertz CT molecular complexity index is 677. The molecular formula is C16H23F3N4O4. The predicted molar refractivity (Wildman–Crippen MR) is 87.5 cm³/mol. The van der Waals surface area contributed by atoms with Gasteiger partial charge < -0.3 is 20.1 Å². The fraction of sp³-hybridized carbons (Fsp3) is 0.688. The SMILES string of the molecule is COCC(=O)N[C@@H]1CN(C(=O)Cn2nc(C(F)(F)F)cc2C)CC[C@@H]1CO. The van der Waals surface area contributed by atoms with Crippen LogP contribution in [-0.2, 0) is 27.0 Å². The third kappa shape index (κ3) is 5.42. The third-order valence-electron chi connectivity index (χ3n) is 4.52. The number of aliphatic hydroxyl groups excluding tert-OH is 1. The van der Waals surface area contributed by atoms with E-state index in [-0.39, 0.29) is 43.8 Å². The van der Waals surface area contributed by atoms with E-state index in [4.69, 9.17) is 4.74 Å². The first-order valence-corrected chi connectivity index (χ1v) is 8.44. The first-order chi connectivity index (χ1) is 12.7. The number of ether oxygens (including phenoxy) is 1. The van der Waals surface area contributed by atoms with Crippen LogP contribution >= 0.6 is 0 Å². The molecule has 8 nitrogen and oxygen atoms in total. The lowest BCUT2D eigenvalue weighted by molar-refractivity contribution is -0.142. The van der Waals surface area contributed by atoms with Crippen LogP contribution in [0.15, 0.2) is 6.07 Å². The summed E-state index contributed by atoms with van der Waals surface area (Å²) in [7, 11) is 1.38. The minimum atomic E-state index is -4.57. The first-order valence-electron chi connectivity index (χ1n) is 8.44. The van der Waals surface area contributed by atoms with Crippen molar-refractivity contribution in [3.63, 3.8) is 0 Å². The number of hydrogen-bond acceptors (Lipinski definition) is 5. The van der Waals surface area contributed by atoms with Crippen LogP contribution in [0.4, 0.5) is 13.2 Å². The molecule has 27 heavy (non-hydrogen) atoms. The standard InChI is InChI=1S/C16H23F3N4O4/c1-10-5-13(16(17,18)19)21-23(10)7-15(26)22-4-3-11(8-24)12(6-22)20-14(25)9-27-2/h5,11-12,24H,3-4,6-9H2,1-2H3,(H,20,25)/t11-,12-/m1/s1. The van der Waals surface area contributed by atoms with Crippen LogP contribution in [0.1, 0.15) is 17.8 Å². The molecule has 11 heteroatoms. The van der Waals surface area contributed by atoms with Crippen molar-refractivity contribution in [3.8, 4) is 0 Å². The zero-order chi connectivity index (χ0) is 20.2. The minimum Gasteiger partial charge on any atom is -0.396 e. The number of alkyl halides is 3. The van der Waals surface area contributed by atoms with E-state index in [1.807, 2.05) is 0 Å². The van der Waals surface area contributed by atoms with Crippen molar-refractivity contribution in [1.82, 2.24) is 20.0 Å². The number of rotatable bonds is 6. The number of nitrogens with zero attached hydrogens (tertiary/aromatic N) is 3. The number of nitrogens with one attached hydrogen (secondary N) is 1. The van der Waals surface area contributed by atoms with Crippen LogP contribution in [0.5, 0.6) is 0 Å². The lowest BCUT2D eigenvalue weighted by Crippen LogP contribution is -2.56. The fourth-order valence-electron chi connectivity index (χ4n) is 3.03. The quantitative estimate of drug-likeness (QED) is 0.720. The number of methoxy groups -OCH3 is 1. The Morgan fingerprint density at radius 2 is 2.15 bits per heavy atom. The monoisotopic (exact) mass is 392 g/mol. The Balaban J connectivity index is 2.04. The van der Waals surface area contributed by atoms with E-state index in [1.54, 1.807) is 0 Å². The Morgan fingerprint density at radius 1 is 1.44 bits per heavy atom. The predicted octanol–water partition coefficient (Wildman–Crippen LogP) is 0.182. The molecule has 0 bridgehead atoms. The van der Waals surface area contributed by atoms with Gasteiger partial charge in [-0.05, 0) is 19.4 Å². The molecule has 0 aromatic carbocycles. The molecule has 0 saturated carbocycles. The Labute approximate surface area is 154 Å². The van der Waals surface area contributed by atoms with Crippen molar-refractivity contribution in [3.05, 3.63) is 17.5 Å². The van der Waals surface area contributed by atoms with Gasteiger partial charge in [-0.1, -0.05) is 0 Å². The van der Waals surface area contributed by atoms with Crippen LogP contribution in [0.2, 0.25) is 0 Å². The zero-order valence-corrected chi connectivity index (χ0v) is 15.1. The van der Waals surface area contributed by atoms with Gasteiger partial charge in [0.1, 0.15) is 13.2 Å². The van der Waals surface area contributed by atoms with Crippen LogP contribution in [0.25, 0.3) is 0 Å². The van der Waals surface area contributed by atoms with Gasteiger partial charge >= 0.3 is 6.18 Å². The molecule has 0 aliphatic carbocycles. The van der Waals surface area contributed by atoms with Gasteiger partial charge in [0.15, 0.2) is 5.69 Å². The van der Waals surface area contributed by atoms with Gasteiger partial charge in [-0.15, -0.1) is 0 Å². The molecule has 152 valence electrons. The second-order valence-corrected chi connectivity index (χ2v) is 6.50. The van der Waals surface area contributed by atoms with Crippen LogP contribution in [-0.4, -0.2) is 71.1 Å². The molecule has 0 spiro atoms. The normalized spacial score (nSPS) is 20.6. The number of carbonyl (C=O) groups excluding carboxylic acids is 2. The first kappa shape index (κ1) is 21.2. The maximum atomic E-state index is 12.7. The van der Waals surface area contributed by atoms with E-state index in [0.29, 0.717) is 13.0 Å². The molecule has 2 N–H and O–H groups in total. The molecule has 1 aromatic rings. The molecule has 1 saturated heterocycles. The van der Waals surface area contributed by atoms with Crippen molar-refractivity contribution in [2.45, 2.75) is 32.1 Å². The van der Waals surface area contributed by atoms with E-state index in [0.717, 1.165) is 10.7 Å². The average Bonchev–Trinajstić information content (AvgIpc) is 2.96. The molecule has 0 unspecified atom stereocenters. The van der Waals surface area contributed by atoms with Gasteiger partial charge in [0.2, 0.25) is 11.8 Å². The number of hydrogen-bond donors (Lipinski definition) is 2. The molecule has 2 heterocycles. The largest absolute Gasteiger partial charge is 0.435 e. The van der Waals surface area contributed by atoms with Crippen molar-refractivity contribution < 1.29 is 32.6 Å². The van der Waals surface area contributed by atoms with E-state index in [2.05, 4.69) is 10.4 Å². The highest BCUT2D eigenvalue weighted by molar-refractivity contribution is 5.78. The Hall–Kier alpha value is -2.14. The van der Waals surface area contributed by atoms with Crippen molar-refractivity contribution in [2.75, 3.05) is 33.4 Å². The summed E-state index contributed by atoms with van der Waals surface area (Å²) in [5.41, 5.74) is -0.817. The summed E-state index contributed by atoms with van der Waals surface area (Å²) in [6.07, 6.45) is -4.11. The van der Waals surface area contributed by atoms with Crippen LogP contribution < -0.4 is 5.32 Å². The van der Waals surface area contributed by atoms with Crippen molar-refractivity contribution >= 4 is 11.8 Å². The van der Waals surface area contributed by atoms with Gasteiger partial charge in [-0.25, -0.2) is 0 Å². The number of likely N-dealkylation sites (tertiary alicyclic amines) is 1. The summed E-state index contributed by atoms with van der Waals surface area (Å²) in [6.45, 7) is 1.33. The number of aryl methyl sites for hydroxylation is 1. The summed E-state index contributed by atoms with van der Waals surface area (Å²) in [5, 5.41) is 15.6. The van der Waals surface area contributed by atoms with Gasteiger partial charge in [-0.2, -0.15) is 18.3 Å². The topological polar surface area (TPSA) is 96.7 Å². The molecule has 2 atom stereocenters. The van der Waals surface area contributed by atoms with E-state index in [9.17, 15) is 27.9 Å². The molecular weight excluding hydrogens is 369 g/mol. The van der Waals surface area contributed by atoms with E-state index >= 15 is 0 Å². The van der Waals surface area contributed by atoms with Crippen molar-refractivity contribution in [2.24, 2.45) is 5.92 Å². The minimum absolute atomic E-state index is 0.144. The molecule has 2 amide bonds. The molecule has 0 radical (unpaired) electrons. The van der Waals surface area contributed by atoms with Crippen molar-refractivity contribution in [1.29, 1.82) is 0 Å². The summed E-state index contributed by atoms with van der Waals surface area (Å²) in [5.74, 6) is -0.983. The highest BCUT2D eigenvalue weighted by Crippen LogP contribution is 2.28. The second kappa shape index (κ2) is 8.70. The number of amides is 2. The Morgan fingerprint density at radius 3 is 2.70 bits per heavy atom. The van der Waals surface area contributed by atoms with E-state index < -0.39 is 23.8 Å². The molecule has 1 aromatic heterocycles. The van der Waals surface area contributed by atoms with Crippen LogP contribution in [0.3, 0.4) is 0 Å². The Kier molecular flexibility index (Phi) is 6.82. The third-order valence-corrected chi connectivity index (χ3v) is 4.52. The fourth-order valence-corrected chi connectivity index (χ4v) is 3.03. The lowest BCUT2D eigenvalue weighted by atomic mass is 9.92. The highest BCUT2D eigenvalue weighted by Gasteiger charge is 2.35. The summed E-state index contributed by atoms with van der Waals surface area (Å²) in [4.78, 5) is 25.7. The lowest BCUT2D eigenvalue weighted by Gasteiger charge is -2.38. The van der Waals surface area contributed by atoms with Gasteiger partial charge in [0.25, 0.3) is 0 Å². The molecule has 1 aliphatic heterocycles. The molecule has 1 aliphatic rings. The number of aliphatic hydroxyl groups is 1. The number of carbonyl (C=O) groups is 2. The maximum absolute atomic E-state index is 12.7. The van der Waals surface area contributed by atoms with Crippen LogP contribution in [0, 0.1) is 12.8 Å². The zero-order valence-electron chi connectivity index (χ0n) is 15.1. The number of aromatic nitrogens is 2. The number of halogens is 3. The number of piperidine rings is 1. The molecule has 2 rings (SSSR count). The van der Waals surface area contributed by atoms with Gasteiger partial charge in [-0.3, -0.25) is 14.3 Å². The molecule has 1 fully saturated rings. The smallest absolute Gasteiger partial charge is 0.396 e. The summed E-state index contributed by atoms with van der Waals surface area (Å²) in [6, 6.07) is 0.429. The van der Waals surface area contributed by atoms with E-state index in [1.165, 1.54) is 18.9 Å².